The summed E-state index contributed by atoms with van der Waals surface area (Å²) in [6, 6.07) is 14.0. The van der Waals surface area contributed by atoms with Crippen LogP contribution in [0.2, 0.25) is 0 Å². The maximum absolute atomic E-state index is 12.6. The van der Waals surface area contributed by atoms with E-state index in [1.807, 2.05) is 18.2 Å². The fourth-order valence-corrected chi connectivity index (χ4v) is 4.80. The van der Waals surface area contributed by atoms with Crippen molar-refractivity contribution >= 4 is 53.4 Å². The molecule has 2 N–H and O–H groups in total. The van der Waals surface area contributed by atoms with Gasteiger partial charge >= 0.3 is 0 Å². The first-order valence-corrected chi connectivity index (χ1v) is 16.3. The third-order valence-corrected chi connectivity index (χ3v) is 7.65. The monoisotopic (exact) mass is 583 g/mol. The highest BCUT2D eigenvalue weighted by Gasteiger charge is 2.27. The van der Waals surface area contributed by atoms with Crippen molar-refractivity contribution in [2.45, 2.75) is 27.7 Å². The molecule has 0 amide bonds. The van der Waals surface area contributed by atoms with E-state index in [1.54, 1.807) is 38.0 Å². The molecule has 2 aromatic rings. The maximum Gasteiger partial charge on any atom is 0.261 e. The number of nitrogens with zero attached hydrogens (tertiary/aromatic N) is 3. The highest BCUT2D eigenvalue weighted by atomic mass is 32.2. The number of rotatable bonds is 5. The second kappa shape index (κ2) is 12.7. The van der Waals surface area contributed by atoms with Crippen LogP contribution in [0.1, 0.15) is 6.92 Å². The Morgan fingerprint density at radius 2 is 1.31 bits per heavy atom. The molecule has 204 valence electrons. The molecule has 1 aliphatic rings. The third kappa shape index (κ3) is 10.7. The van der Waals surface area contributed by atoms with Gasteiger partial charge in [-0.25, -0.2) is 12.7 Å². The summed E-state index contributed by atoms with van der Waals surface area (Å²) in [6.45, 7) is 2.95. The van der Waals surface area contributed by atoms with Crippen LogP contribution in [0.3, 0.4) is 0 Å². The van der Waals surface area contributed by atoms with E-state index in [1.165, 1.54) is 9.20 Å². The molecular weight excluding hydrogens is 551 g/mol. The first kappa shape index (κ1) is 32.3. The lowest BCUT2D eigenvalue weighted by atomic mass is 10.2. The fourth-order valence-electron chi connectivity index (χ4n) is 2.80. The van der Waals surface area contributed by atoms with Crippen LogP contribution in [0.15, 0.2) is 57.2 Å². The van der Waals surface area contributed by atoms with Crippen molar-refractivity contribution in [2.75, 3.05) is 52.1 Å². The Labute approximate surface area is 218 Å². The molecule has 1 unspecified atom stereocenters. The first-order chi connectivity index (χ1) is 16.2. The lowest BCUT2D eigenvalue weighted by molar-refractivity contribution is 0.319. The van der Waals surface area contributed by atoms with Gasteiger partial charge in [0.2, 0.25) is 10.0 Å². The smallest absolute Gasteiger partial charge is 0.261 e. The van der Waals surface area contributed by atoms with Gasteiger partial charge in [-0.2, -0.15) is 16.8 Å². The highest BCUT2D eigenvalue weighted by molar-refractivity contribution is 7.99. The van der Waals surface area contributed by atoms with Crippen LogP contribution in [0.25, 0.3) is 0 Å². The largest absolute Gasteiger partial charge is 0.338 e. The molecule has 0 aromatic heterocycles. The average molecular weight is 584 g/mol. The zero-order chi connectivity index (χ0) is 28.1. The van der Waals surface area contributed by atoms with Gasteiger partial charge in [0.15, 0.2) is 0 Å². The van der Waals surface area contributed by atoms with Crippen LogP contribution in [-0.4, -0.2) is 96.9 Å². The van der Waals surface area contributed by atoms with E-state index in [0.29, 0.717) is 23.4 Å². The summed E-state index contributed by atoms with van der Waals surface area (Å²) < 4.78 is 78.2. The molecule has 0 aliphatic carbocycles. The average Bonchev–Trinajstić information content (AvgIpc) is 2.70. The molecule has 36 heavy (non-hydrogen) atoms. The summed E-state index contributed by atoms with van der Waals surface area (Å²) in [5, 5.41) is 0. The second-order valence-corrected chi connectivity index (χ2v) is 14.5. The molecule has 1 aliphatic heterocycles. The molecular formula is C21H33N3O8S4. The van der Waals surface area contributed by atoms with Crippen LogP contribution < -0.4 is 4.90 Å². The number of likely N-dealkylation sites (N-methyl/N-ethyl adjacent to an activating group) is 1. The summed E-state index contributed by atoms with van der Waals surface area (Å²) in [5.74, 6) is 0. The van der Waals surface area contributed by atoms with E-state index < -0.39 is 30.3 Å². The first-order valence-electron chi connectivity index (χ1n) is 10.3. The molecule has 0 bridgehead atoms. The van der Waals surface area contributed by atoms with Crippen molar-refractivity contribution in [1.82, 2.24) is 9.21 Å². The van der Waals surface area contributed by atoms with Gasteiger partial charge in [0, 0.05) is 36.5 Å². The molecule has 1 heterocycles. The van der Waals surface area contributed by atoms with Gasteiger partial charge < -0.3 is 9.80 Å². The molecule has 0 saturated carbocycles. The molecule has 2 aromatic carbocycles. The van der Waals surface area contributed by atoms with E-state index in [4.69, 9.17) is 9.11 Å². The molecule has 0 spiro atoms. The van der Waals surface area contributed by atoms with Gasteiger partial charge in [-0.3, -0.25) is 9.11 Å². The summed E-state index contributed by atoms with van der Waals surface area (Å²) >= 11 is 1.69. The van der Waals surface area contributed by atoms with Crippen molar-refractivity contribution in [1.29, 1.82) is 0 Å². The lowest BCUT2D eigenvalue weighted by Crippen LogP contribution is -2.37. The van der Waals surface area contributed by atoms with Crippen LogP contribution in [-0.2, 0) is 30.3 Å². The van der Waals surface area contributed by atoms with E-state index in [-0.39, 0.29) is 0 Å². The van der Waals surface area contributed by atoms with Crippen molar-refractivity contribution in [3.8, 4) is 0 Å². The Balaban J connectivity index is 0.000000550. The Morgan fingerprint density at radius 1 is 0.833 bits per heavy atom. The fraction of sp³-hybridized carbons (Fsp3) is 0.429. The van der Waals surface area contributed by atoms with Crippen molar-refractivity contribution in [3.05, 3.63) is 42.5 Å². The number of anilines is 2. The van der Waals surface area contributed by atoms with Crippen LogP contribution in [0.4, 0.5) is 11.4 Å². The molecule has 1 atom stereocenters. The van der Waals surface area contributed by atoms with Gasteiger partial charge in [0.25, 0.3) is 20.2 Å². The molecule has 0 radical (unpaired) electrons. The normalized spacial score (nSPS) is 14.1. The maximum atomic E-state index is 12.6. The predicted molar refractivity (Wildman–Crippen MR) is 143 cm³/mol. The minimum atomic E-state index is -3.67. The number of benzene rings is 2. The summed E-state index contributed by atoms with van der Waals surface area (Å²) in [6.07, 6.45) is 1.43. The number of para-hydroxylation sites is 1. The van der Waals surface area contributed by atoms with Gasteiger partial charge in [-0.15, -0.1) is 0 Å². The number of fused-ring (bicyclic) bond motifs is 2. The summed E-state index contributed by atoms with van der Waals surface area (Å²) in [7, 11) is -3.56. The Morgan fingerprint density at radius 3 is 1.78 bits per heavy atom. The standard InChI is InChI=1S/C19H25N3O2S2.2CH4O3S/c1-14(20(2)3)13-22-16-8-6-7-9-18(16)25-19-11-10-15(12-17(19)22)26(23,24)21(4)5;2*1-5(2,3)4/h6-12,14H,13H2,1-5H3;2*1H3,(H,2,3,4). The third-order valence-electron chi connectivity index (χ3n) is 4.70. The lowest BCUT2D eigenvalue weighted by Gasteiger charge is -2.36. The number of sulfonamides is 1. The molecule has 11 nitrogen and oxygen atoms in total. The highest BCUT2D eigenvalue weighted by Crippen LogP contribution is 2.48. The minimum absolute atomic E-state index is 0.313. The van der Waals surface area contributed by atoms with Gasteiger partial charge in [0.05, 0.1) is 28.8 Å². The van der Waals surface area contributed by atoms with Crippen molar-refractivity contribution in [2.24, 2.45) is 0 Å². The molecule has 0 saturated heterocycles. The van der Waals surface area contributed by atoms with Crippen molar-refractivity contribution in [3.63, 3.8) is 0 Å². The topological polar surface area (TPSA) is 153 Å². The minimum Gasteiger partial charge on any atom is -0.338 e. The SMILES string of the molecule is CC(CN1c2ccccc2Sc2ccc(S(=O)(=O)N(C)C)cc21)N(C)C.CS(=O)(=O)O.CS(=O)(=O)O. The van der Waals surface area contributed by atoms with E-state index in [2.05, 4.69) is 43.0 Å². The second-order valence-electron chi connectivity index (χ2n) is 8.38. The van der Waals surface area contributed by atoms with E-state index in [9.17, 15) is 25.3 Å². The van der Waals surface area contributed by atoms with Crippen molar-refractivity contribution < 1.29 is 34.4 Å². The molecule has 0 fully saturated rings. The van der Waals surface area contributed by atoms with E-state index >= 15 is 0 Å². The zero-order valence-corrected chi connectivity index (χ0v) is 24.4. The molecule has 15 heteroatoms. The predicted octanol–water partition coefficient (Wildman–Crippen LogP) is 2.50. The van der Waals surface area contributed by atoms with Crippen LogP contribution in [0, 0.1) is 0 Å². The van der Waals surface area contributed by atoms with Crippen LogP contribution >= 0.6 is 11.8 Å². The Hall–Kier alpha value is -1.72. The quantitative estimate of drug-likeness (QED) is 0.499. The number of hydrogen-bond donors (Lipinski definition) is 2. The Kier molecular flexibility index (Phi) is 11.4. The van der Waals surface area contributed by atoms with Gasteiger partial charge in [0.1, 0.15) is 0 Å². The van der Waals surface area contributed by atoms with Gasteiger partial charge in [-0.1, -0.05) is 23.9 Å². The van der Waals surface area contributed by atoms with Crippen LogP contribution in [0.5, 0.6) is 0 Å². The zero-order valence-electron chi connectivity index (χ0n) is 21.1. The van der Waals surface area contributed by atoms with Gasteiger partial charge in [-0.05, 0) is 51.4 Å². The summed E-state index contributed by atoms with van der Waals surface area (Å²) in [5.41, 5.74) is 2.07. The Bertz CT molecular complexity index is 1310. The summed E-state index contributed by atoms with van der Waals surface area (Å²) in [4.78, 5) is 7.00. The number of hydrogen-bond acceptors (Lipinski definition) is 9. The molecule has 3 rings (SSSR count). The van der Waals surface area contributed by atoms with E-state index in [0.717, 1.165) is 22.8 Å².